The molecule has 2 aromatic rings. The second kappa shape index (κ2) is 10.0. The Morgan fingerprint density at radius 3 is 2.71 bits per heavy atom. The van der Waals surface area contributed by atoms with Crippen molar-refractivity contribution in [3.63, 3.8) is 0 Å². The van der Waals surface area contributed by atoms with Crippen molar-refractivity contribution in [2.24, 2.45) is 0 Å². The quantitative estimate of drug-likeness (QED) is 0.650. The maximum atomic E-state index is 12.8. The van der Waals surface area contributed by atoms with Crippen LogP contribution < -0.4 is 24.8 Å². The topological polar surface area (TPSA) is 68.8 Å². The van der Waals surface area contributed by atoms with Crippen LogP contribution in [0.25, 0.3) is 0 Å². The molecule has 0 aliphatic carbocycles. The molecule has 1 aliphatic rings. The van der Waals surface area contributed by atoms with E-state index in [1.165, 1.54) is 12.1 Å². The number of carbonyl (C=O) groups is 1. The van der Waals surface area contributed by atoms with Gasteiger partial charge in [0.25, 0.3) is 0 Å². The molecule has 2 aromatic carbocycles. The molecule has 0 atom stereocenters. The van der Waals surface area contributed by atoms with Crippen molar-refractivity contribution in [2.75, 3.05) is 26.4 Å². The zero-order valence-electron chi connectivity index (χ0n) is 15.3. The predicted octanol–water partition coefficient (Wildman–Crippen LogP) is 3.91. The van der Waals surface area contributed by atoms with E-state index in [1.54, 1.807) is 18.2 Å². The number of urea groups is 1. The number of hydrogen-bond acceptors (Lipinski definition) is 4. The standard InChI is InChI=1S/C20H22ClFN2O4/c21-17-11-14(12-18-19(17)28-10-9-27-18)13-24-20(25)23-7-1-2-8-26-16-5-3-15(22)4-6-16/h3-6,11-12H,1-2,7-10,13H2,(H2,23,24,25). The third-order valence-electron chi connectivity index (χ3n) is 4.05. The van der Waals surface area contributed by atoms with Crippen molar-refractivity contribution in [3.05, 3.63) is 52.8 Å². The Balaban J connectivity index is 1.30. The van der Waals surface area contributed by atoms with Crippen LogP contribution >= 0.6 is 11.6 Å². The van der Waals surface area contributed by atoms with Crippen LogP contribution in [0.3, 0.4) is 0 Å². The van der Waals surface area contributed by atoms with E-state index in [9.17, 15) is 9.18 Å². The number of nitrogens with one attached hydrogen (secondary N) is 2. The number of rotatable bonds is 8. The van der Waals surface area contributed by atoms with Gasteiger partial charge in [0.05, 0.1) is 11.6 Å². The molecule has 0 radical (unpaired) electrons. The molecule has 6 nitrogen and oxygen atoms in total. The van der Waals surface area contributed by atoms with E-state index in [4.69, 9.17) is 25.8 Å². The van der Waals surface area contributed by atoms with E-state index in [0.717, 1.165) is 18.4 Å². The molecule has 0 bridgehead atoms. The SMILES string of the molecule is O=C(NCCCCOc1ccc(F)cc1)NCc1cc(Cl)c2c(c1)OCCO2. The van der Waals surface area contributed by atoms with Crippen molar-refractivity contribution in [3.8, 4) is 17.2 Å². The third kappa shape index (κ3) is 5.92. The van der Waals surface area contributed by atoms with Gasteiger partial charge in [0.1, 0.15) is 24.8 Å². The van der Waals surface area contributed by atoms with Crippen LogP contribution in [0, 0.1) is 5.82 Å². The Hall–Kier alpha value is -2.67. The second-order valence-corrected chi connectivity index (χ2v) is 6.63. The van der Waals surface area contributed by atoms with Gasteiger partial charge in [-0.05, 0) is 54.8 Å². The first-order valence-electron chi connectivity index (χ1n) is 9.10. The molecule has 0 saturated heterocycles. The lowest BCUT2D eigenvalue weighted by Crippen LogP contribution is -2.35. The molecule has 0 unspecified atom stereocenters. The van der Waals surface area contributed by atoms with E-state index in [-0.39, 0.29) is 11.8 Å². The zero-order chi connectivity index (χ0) is 19.8. The first kappa shape index (κ1) is 20.1. The number of benzene rings is 2. The molecular formula is C20H22ClFN2O4. The Morgan fingerprint density at radius 1 is 1.11 bits per heavy atom. The van der Waals surface area contributed by atoms with Crippen LogP contribution in [0.1, 0.15) is 18.4 Å². The highest BCUT2D eigenvalue weighted by Gasteiger charge is 2.16. The zero-order valence-corrected chi connectivity index (χ0v) is 16.1. The molecule has 0 saturated carbocycles. The molecule has 2 N–H and O–H groups in total. The largest absolute Gasteiger partial charge is 0.494 e. The fraction of sp³-hybridized carbons (Fsp3) is 0.350. The Labute approximate surface area is 167 Å². The lowest BCUT2D eigenvalue weighted by Gasteiger charge is -2.20. The summed E-state index contributed by atoms with van der Waals surface area (Å²) in [5.74, 6) is 1.48. The van der Waals surface area contributed by atoms with Gasteiger partial charge in [0.15, 0.2) is 11.5 Å². The maximum absolute atomic E-state index is 12.8. The van der Waals surface area contributed by atoms with Gasteiger partial charge in [-0.2, -0.15) is 0 Å². The molecule has 3 rings (SSSR count). The summed E-state index contributed by atoms with van der Waals surface area (Å²) in [7, 11) is 0. The summed E-state index contributed by atoms with van der Waals surface area (Å²) in [5, 5.41) is 6.04. The highest BCUT2D eigenvalue weighted by Crippen LogP contribution is 2.38. The van der Waals surface area contributed by atoms with Gasteiger partial charge < -0.3 is 24.8 Å². The summed E-state index contributed by atoms with van der Waals surface area (Å²) in [4.78, 5) is 11.9. The summed E-state index contributed by atoms with van der Waals surface area (Å²) < 4.78 is 29.3. The minimum absolute atomic E-state index is 0.259. The molecule has 0 fully saturated rings. The van der Waals surface area contributed by atoms with Crippen molar-refractivity contribution < 1.29 is 23.4 Å². The van der Waals surface area contributed by atoms with Crippen LogP contribution in [0.2, 0.25) is 5.02 Å². The molecule has 0 aromatic heterocycles. The molecule has 2 amide bonds. The van der Waals surface area contributed by atoms with Gasteiger partial charge in [-0.1, -0.05) is 11.6 Å². The Morgan fingerprint density at radius 2 is 1.89 bits per heavy atom. The monoisotopic (exact) mass is 408 g/mol. The van der Waals surface area contributed by atoms with Crippen LogP contribution in [0.4, 0.5) is 9.18 Å². The molecule has 150 valence electrons. The van der Waals surface area contributed by atoms with E-state index < -0.39 is 0 Å². The average molecular weight is 409 g/mol. The summed E-state index contributed by atoms with van der Waals surface area (Å²) in [6.45, 7) is 2.31. The van der Waals surface area contributed by atoms with Gasteiger partial charge in [-0.25, -0.2) is 9.18 Å². The average Bonchev–Trinajstić information content (AvgIpc) is 2.70. The summed E-state index contributed by atoms with van der Waals surface area (Å²) in [6.07, 6.45) is 1.54. The fourth-order valence-corrected chi connectivity index (χ4v) is 2.95. The van der Waals surface area contributed by atoms with Crippen molar-refractivity contribution in [2.45, 2.75) is 19.4 Å². The van der Waals surface area contributed by atoms with Crippen LogP contribution in [-0.2, 0) is 6.54 Å². The van der Waals surface area contributed by atoms with Gasteiger partial charge in [0, 0.05) is 13.1 Å². The lowest BCUT2D eigenvalue weighted by atomic mass is 10.2. The van der Waals surface area contributed by atoms with Crippen LogP contribution in [0.15, 0.2) is 36.4 Å². The number of carbonyl (C=O) groups excluding carboxylic acids is 1. The first-order chi connectivity index (χ1) is 13.6. The summed E-state index contributed by atoms with van der Waals surface area (Å²) >= 11 is 6.18. The van der Waals surface area contributed by atoms with E-state index >= 15 is 0 Å². The lowest BCUT2D eigenvalue weighted by molar-refractivity contribution is 0.171. The number of fused-ring (bicyclic) bond motifs is 1. The van der Waals surface area contributed by atoms with Gasteiger partial charge >= 0.3 is 6.03 Å². The predicted molar refractivity (Wildman–Crippen MR) is 104 cm³/mol. The van der Waals surface area contributed by atoms with E-state index in [1.807, 2.05) is 6.07 Å². The van der Waals surface area contributed by atoms with Gasteiger partial charge in [-0.15, -0.1) is 0 Å². The normalized spacial score (nSPS) is 12.4. The van der Waals surface area contributed by atoms with Crippen LogP contribution in [-0.4, -0.2) is 32.4 Å². The minimum atomic E-state index is -0.291. The molecule has 28 heavy (non-hydrogen) atoms. The number of ether oxygens (including phenoxy) is 3. The number of amides is 2. The summed E-state index contributed by atoms with van der Waals surface area (Å²) in [6, 6.07) is 9.20. The number of hydrogen-bond donors (Lipinski definition) is 2. The molecule has 8 heteroatoms. The number of unbranched alkanes of at least 4 members (excludes halogenated alkanes) is 1. The molecular weight excluding hydrogens is 387 g/mol. The molecule has 1 heterocycles. The number of halogens is 2. The smallest absolute Gasteiger partial charge is 0.315 e. The van der Waals surface area contributed by atoms with Crippen molar-refractivity contribution in [1.29, 1.82) is 0 Å². The van der Waals surface area contributed by atoms with Gasteiger partial charge in [-0.3, -0.25) is 0 Å². The van der Waals surface area contributed by atoms with Crippen molar-refractivity contribution in [1.82, 2.24) is 10.6 Å². The Bertz CT molecular complexity index is 802. The van der Waals surface area contributed by atoms with Crippen molar-refractivity contribution >= 4 is 17.6 Å². The van der Waals surface area contributed by atoms with Crippen LogP contribution in [0.5, 0.6) is 17.2 Å². The second-order valence-electron chi connectivity index (χ2n) is 6.22. The fourth-order valence-electron chi connectivity index (χ4n) is 2.66. The highest BCUT2D eigenvalue weighted by molar-refractivity contribution is 6.32. The van der Waals surface area contributed by atoms with E-state index in [2.05, 4.69) is 10.6 Å². The molecule has 0 spiro atoms. The molecule has 1 aliphatic heterocycles. The first-order valence-corrected chi connectivity index (χ1v) is 9.48. The third-order valence-corrected chi connectivity index (χ3v) is 4.33. The summed E-state index contributed by atoms with van der Waals surface area (Å²) in [5.41, 5.74) is 0.831. The maximum Gasteiger partial charge on any atom is 0.315 e. The van der Waals surface area contributed by atoms with Gasteiger partial charge in [0.2, 0.25) is 0 Å². The minimum Gasteiger partial charge on any atom is -0.494 e. The Kier molecular flexibility index (Phi) is 7.19. The highest BCUT2D eigenvalue weighted by atomic mass is 35.5. The van der Waals surface area contributed by atoms with E-state index in [0.29, 0.717) is 55.2 Å².